The number of carbonyl (C=O) groups excluding carboxylic acids is 1. The van der Waals surface area contributed by atoms with Gasteiger partial charge in [0.2, 0.25) is 0 Å². The van der Waals surface area contributed by atoms with Gasteiger partial charge in [0.1, 0.15) is 5.69 Å². The van der Waals surface area contributed by atoms with E-state index < -0.39 is 0 Å². The number of amides is 1. The number of aryl methyl sites for hydroxylation is 1. The Hall–Kier alpha value is -1.29. The standard InChI is InChI=1S/C14H23N3O/c1-4-11-5-6-13(15-11)14(18)17-9-7-12(8-10-17)16(2)3/h5-6,12,15H,4,7-10H2,1-3H3. The maximum Gasteiger partial charge on any atom is 0.270 e. The predicted octanol–water partition coefficient (Wildman–Crippen LogP) is 1.74. The Labute approximate surface area is 109 Å². The SMILES string of the molecule is CCc1ccc(C(=O)N2CCC(N(C)C)CC2)[nH]1. The summed E-state index contributed by atoms with van der Waals surface area (Å²) in [5, 5.41) is 0. The average molecular weight is 249 g/mol. The van der Waals surface area contributed by atoms with Crippen molar-refractivity contribution in [2.45, 2.75) is 32.2 Å². The molecule has 0 saturated carbocycles. The molecule has 1 aliphatic rings. The molecule has 1 saturated heterocycles. The zero-order valence-corrected chi connectivity index (χ0v) is 11.6. The van der Waals surface area contributed by atoms with Gasteiger partial charge in [0.25, 0.3) is 5.91 Å². The van der Waals surface area contributed by atoms with Gasteiger partial charge in [0.05, 0.1) is 0 Å². The monoisotopic (exact) mass is 249 g/mol. The third kappa shape index (κ3) is 2.75. The minimum atomic E-state index is 0.145. The zero-order valence-electron chi connectivity index (χ0n) is 11.6. The third-order valence-electron chi connectivity index (χ3n) is 3.84. The third-order valence-corrected chi connectivity index (χ3v) is 3.84. The second kappa shape index (κ2) is 5.57. The first kappa shape index (κ1) is 13.1. The number of H-pyrrole nitrogens is 1. The summed E-state index contributed by atoms with van der Waals surface area (Å²) in [6, 6.07) is 4.52. The van der Waals surface area contributed by atoms with E-state index in [4.69, 9.17) is 0 Å². The zero-order chi connectivity index (χ0) is 13.1. The van der Waals surface area contributed by atoms with Crippen LogP contribution in [0, 0.1) is 0 Å². The van der Waals surface area contributed by atoms with Gasteiger partial charge < -0.3 is 14.8 Å². The number of rotatable bonds is 3. The lowest BCUT2D eigenvalue weighted by atomic mass is 10.0. The number of hydrogen-bond acceptors (Lipinski definition) is 2. The Morgan fingerprint density at radius 1 is 1.39 bits per heavy atom. The maximum atomic E-state index is 12.3. The Morgan fingerprint density at radius 2 is 2.06 bits per heavy atom. The van der Waals surface area contributed by atoms with E-state index in [0.717, 1.165) is 43.7 Å². The average Bonchev–Trinajstić information content (AvgIpc) is 2.86. The number of likely N-dealkylation sites (tertiary alicyclic amines) is 1. The van der Waals surface area contributed by atoms with Crippen LogP contribution in [0.4, 0.5) is 0 Å². The number of nitrogens with one attached hydrogen (secondary N) is 1. The fourth-order valence-corrected chi connectivity index (χ4v) is 2.53. The Balaban J connectivity index is 1.95. The minimum absolute atomic E-state index is 0.145. The predicted molar refractivity (Wildman–Crippen MR) is 72.8 cm³/mol. The highest BCUT2D eigenvalue weighted by atomic mass is 16.2. The normalized spacial score (nSPS) is 17.4. The largest absolute Gasteiger partial charge is 0.354 e. The highest BCUT2D eigenvalue weighted by molar-refractivity contribution is 5.92. The molecule has 0 aromatic carbocycles. The van der Waals surface area contributed by atoms with Crippen molar-refractivity contribution < 1.29 is 4.79 Å². The van der Waals surface area contributed by atoms with E-state index in [1.54, 1.807) is 0 Å². The van der Waals surface area contributed by atoms with E-state index in [0.29, 0.717) is 6.04 Å². The van der Waals surface area contributed by atoms with Crippen LogP contribution in [0.1, 0.15) is 35.9 Å². The molecule has 0 unspecified atom stereocenters. The van der Waals surface area contributed by atoms with Crippen molar-refractivity contribution in [1.29, 1.82) is 0 Å². The lowest BCUT2D eigenvalue weighted by Crippen LogP contribution is -2.44. The summed E-state index contributed by atoms with van der Waals surface area (Å²) in [7, 11) is 4.22. The molecule has 0 bridgehead atoms. The van der Waals surface area contributed by atoms with Crippen molar-refractivity contribution in [3.63, 3.8) is 0 Å². The van der Waals surface area contributed by atoms with Crippen LogP contribution in [-0.4, -0.2) is 53.9 Å². The molecule has 0 radical (unpaired) electrons. The van der Waals surface area contributed by atoms with Gasteiger partial charge in [0, 0.05) is 24.8 Å². The van der Waals surface area contributed by atoms with Gasteiger partial charge in [0.15, 0.2) is 0 Å². The molecule has 100 valence electrons. The Bertz CT molecular complexity index is 403. The lowest BCUT2D eigenvalue weighted by Gasteiger charge is -2.35. The van der Waals surface area contributed by atoms with Gasteiger partial charge in [-0.2, -0.15) is 0 Å². The summed E-state index contributed by atoms with van der Waals surface area (Å²) in [6.07, 6.45) is 3.08. The molecule has 1 aliphatic heterocycles. The number of aromatic nitrogens is 1. The van der Waals surface area contributed by atoms with E-state index in [1.165, 1.54) is 0 Å². The van der Waals surface area contributed by atoms with Crippen LogP contribution < -0.4 is 0 Å². The first-order valence-corrected chi connectivity index (χ1v) is 6.75. The number of aromatic amines is 1. The van der Waals surface area contributed by atoms with Gasteiger partial charge in [-0.1, -0.05) is 6.92 Å². The highest BCUT2D eigenvalue weighted by Crippen LogP contribution is 2.16. The second-order valence-corrected chi connectivity index (χ2v) is 5.24. The molecule has 2 heterocycles. The van der Waals surface area contributed by atoms with Gasteiger partial charge in [-0.05, 0) is 45.5 Å². The van der Waals surface area contributed by atoms with E-state index >= 15 is 0 Å². The van der Waals surface area contributed by atoms with Crippen LogP contribution in [0.5, 0.6) is 0 Å². The second-order valence-electron chi connectivity index (χ2n) is 5.24. The summed E-state index contributed by atoms with van der Waals surface area (Å²) < 4.78 is 0. The lowest BCUT2D eigenvalue weighted by molar-refractivity contribution is 0.0658. The number of piperidine rings is 1. The van der Waals surface area contributed by atoms with Crippen LogP contribution in [0.2, 0.25) is 0 Å². The molecule has 1 amide bonds. The van der Waals surface area contributed by atoms with Crippen LogP contribution in [0.15, 0.2) is 12.1 Å². The smallest absolute Gasteiger partial charge is 0.270 e. The first-order chi connectivity index (χ1) is 8.61. The summed E-state index contributed by atoms with van der Waals surface area (Å²) >= 11 is 0. The fourth-order valence-electron chi connectivity index (χ4n) is 2.53. The molecule has 4 nitrogen and oxygen atoms in total. The molecule has 1 aromatic rings. The quantitative estimate of drug-likeness (QED) is 0.886. The summed E-state index contributed by atoms with van der Waals surface area (Å²) in [4.78, 5) is 19.7. The Morgan fingerprint density at radius 3 is 2.56 bits per heavy atom. The minimum Gasteiger partial charge on any atom is -0.354 e. The van der Waals surface area contributed by atoms with Crippen molar-refractivity contribution in [3.8, 4) is 0 Å². The van der Waals surface area contributed by atoms with Crippen molar-refractivity contribution in [3.05, 3.63) is 23.5 Å². The van der Waals surface area contributed by atoms with Crippen molar-refractivity contribution in [1.82, 2.24) is 14.8 Å². The summed E-state index contributed by atoms with van der Waals surface area (Å²) in [6.45, 7) is 3.81. The summed E-state index contributed by atoms with van der Waals surface area (Å²) in [5.74, 6) is 0.145. The first-order valence-electron chi connectivity index (χ1n) is 6.75. The number of hydrogen-bond donors (Lipinski definition) is 1. The van der Waals surface area contributed by atoms with E-state index in [9.17, 15) is 4.79 Å². The van der Waals surface area contributed by atoms with Gasteiger partial charge in [-0.3, -0.25) is 4.79 Å². The van der Waals surface area contributed by atoms with Crippen molar-refractivity contribution >= 4 is 5.91 Å². The molecule has 0 atom stereocenters. The molecule has 2 rings (SSSR count). The fraction of sp³-hybridized carbons (Fsp3) is 0.643. The van der Waals surface area contributed by atoms with Crippen molar-refractivity contribution in [2.75, 3.05) is 27.2 Å². The molecule has 1 fully saturated rings. The van der Waals surface area contributed by atoms with E-state index in [-0.39, 0.29) is 5.91 Å². The van der Waals surface area contributed by atoms with Crippen LogP contribution >= 0.6 is 0 Å². The molecule has 1 aromatic heterocycles. The number of carbonyl (C=O) groups is 1. The van der Waals surface area contributed by atoms with Gasteiger partial charge >= 0.3 is 0 Å². The highest BCUT2D eigenvalue weighted by Gasteiger charge is 2.25. The molecule has 18 heavy (non-hydrogen) atoms. The van der Waals surface area contributed by atoms with Crippen molar-refractivity contribution in [2.24, 2.45) is 0 Å². The van der Waals surface area contributed by atoms with E-state index in [1.807, 2.05) is 17.0 Å². The van der Waals surface area contributed by atoms with Crippen LogP contribution in [-0.2, 0) is 6.42 Å². The Kier molecular flexibility index (Phi) is 4.07. The van der Waals surface area contributed by atoms with Crippen LogP contribution in [0.25, 0.3) is 0 Å². The topological polar surface area (TPSA) is 39.3 Å². The molecular weight excluding hydrogens is 226 g/mol. The van der Waals surface area contributed by atoms with Gasteiger partial charge in [-0.15, -0.1) is 0 Å². The maximum absolute atomic E-state index is 12.3. The molecule has 0 spiro atoms. The molecule has 4 heteroatoms. The van der Waals surface area contributed by atoms with Gasteiger partial charge in [-0.25, -0.2) is 0 Å². The summed E-state index contributed by atoms with van der Waals surface area (Å²) in [5.41, 5.74) is 1.86. The van der Waals surface area contributed by atoms with Crippen LogP contribution in [0.3, 0.4) is 0 Å². The molecule has 0 aliphatic carbocycles. The number of nitrogens with zero attached hydrogens (tertiary/aromatic N) is 2. The molecular formula is C14H23N3O. The molecule has 1 N–H and O–H groups in total. The van der Waals surface area contributed by atoms with E-state index in [2.05, 4.69) is 30.9 Å².